The van der Waals surface area contributed by atoms with Crippen molar-refractivity contribution < 1.29 is 23.5 Å². The van der Waals surface area contributed by atoms with Crippen molar-refractivity contribution in [3.8, 4) is 0 Å². The fourth-order valence-corrected chi connectivity index (χ4v) is 4.05. The van der Waals surface area contributed by atoms with Gasteiger partial charge in [0.05, 0.1) is 12.3 Å². The topological polar surface area (TPSA) is 97.6 Å². The van der Waals surface area contributed by atoms with Crippen LogP contribution in [0.2, 0.25) is 0 Å². The fourth-order valence-electron chi connectivity index (χ4n) is 4.05. The van der Waals surface area contributed by atoms with E-state index in [1.54, 1.807) is 12.1 Å². The first-order chi connectivity index (χ1) is 18.6. The van der Waals surface area contributed by atoms with Crippen LogP contribution in [0.4, 0.5) is 4.79 Å². The monoisotopic (exact) mass is 510 g/mol. The van der Waals surface area contributed by atoms with Gasteiger partial charge < -0.3 is 19.8 Å². The molecule has 2 atom stereocenters. The molecule has 1 heterocycles. The third-order valence-electron chi connectivity index (χ3n) is 6.07. The Kier molecular flexibility index (Phi) is 9.45. The lowest BCUT2D eigenvalue weighted by atomic mass is 9.99. The predicted octanol–water partition coefficient (Wildman–Crippen LogP) is 5.12. The summed E-state index contributed by atoms with van der Waals surface area (Å²) < 4.78 is 10.7. The maximum atomic E-state index is 13.5. The summed E-state index contributed by atoms with van der Waals surface area (Å²) in [6.45, 7) is 0.0724. The lowest BCUT2D eigenvalue weighted by Gasteiger charge is -2.22. The van der Waals surface area contributed by atoms with Crippen LogP contribution in [0.25, 0.3) is 0 Å². The van der Waals surface area contributed by atoms with E-state index in [-0.39, 0.29) is 24.6 Å². The van der Waals surface area contributed by atoms with Gasteiger partial charge in [-0.15, -0.1) is 0 Å². The zero-order valence-corrected chi connectivity index (χ0v) is 20.9. The van der Waals surface area contributed by atoms with Gasteiger partial charge in [0.1, 0.15) is 12.6 Å². The average Bonchev–Trinajstić information content (AvgIpc) is 3.50. The molecule has 0 aliphatic carbocycles. The van der Waals surface area contributed by atoms with Crippen molar-refractivity contribution in [2.24, 2.45) is 0 Å². The number of carbonyl (C=O) groups excluding carboxylic acids is 3. The molecule has 194 valence electrons. The molecule has 7 heteroatoms. The molecular formula is C31H30N2O5. The number of furan rings is 1. The lowest BCUT2D eigenvalue weighted by molar-refractivity contribution is -0.123. The smallest absolute Gasteiger partial charge is 0.408 e. The van der Waals surface area contributed by atoms with E-state index in [9.17, 15) is 14.4 Å². The second-order valence-corrected chi connectivity index (χ2v) is 8.88. The minimum absolute atomic E-state index is 0.0724. The molecule has 2 N–H and O–H groups in total. The van der Waals surface area contributed by atoms with Gasteiger partial charge in [-0.25, -0.2) is 4.79 Å². The SMILES string of the molecule is O=C(N[C@@H](Cc1ccccc1)C(=O)NC(CCc1ccccc1)C(=O)c1ccco1)OCc1ccccc1. The number of hydrogen-bond donors (Lipinski definition) is 2. The van der Waals surface area contributed by atoms with Crippen molar-refractivity contribution in [3.63, 3.8) is 0 Å². The van der Waals surface area contributed by atoms with Crippen LogP contribution >= 0.6 is 0 Å². The Hall–Kier alpha value is -4.65. The Bertz CT molecular complexity index is 1290. The normalized spacial score (nSPS) is 12.2. The van der Waals surface area contributed by atoms with Gasteiger partial charge in [-0.05, 0) is 41.7 Å². The molecule has 2 amide bonds. The van der Waals surface area contributed by atoms with Crippen LogP contribution in [0.1, 0.15) is 33.7 Å². The third kappa shape index (κ3) is 7.93. The number of hydrogen-bond acceptors (Lipinski definition) is 5. The zero-order valence-electron chi connectivity index (χ0n) is 20.9. The number of carbonyl (C=O) groups is 3. The highest BCUT2D eigenvalue weighted by atomic mass is 16.5. The maximum Gasteiger partial charge on any atom is 0.408 e. The second kappa shape index (κ2) is 13.6. The van der Waals surface area contributed by atoms with E-state index in [1.165, 1.54) is 6.26 Å². The Balaban J connectivity index is 1.47. The van der Waals surface area contributed by atoms with E-state index in [4.69, 9.17) is 9.15 Å². The molecule has 4 rings (SSSR count). The zero-order chi connectivity index (χ0) is 26.6. The van der Waals surface area contributed by atoms with Crippen LogP contribution in [0.5, 0.6) is 0 Å². The van der Waals surface area contributed by atoms with Crippen molar-refractivity contribution in [1.82, 2.24) is 10.6 Å². The minimum Gasteiger partial charge on any atom is -0.461 e. The highest BCUT2D eigenvalue weighted by molar-refractivity contribution is 6.00. The summed E-state index contributed by atoms with van der Waals surface area (Å²) in [7, 11) is 0. The quantitative estimate of drug-likeness (QED) is 0.258. The molecule has 0 aliphatic heterocycles. The van der Waals surface area contributed by atoms with Crippen molar-refractivity contribution in [2.45, 2.75) is 38.0 Å². The highest BCUT2D eigenvalue weighted by Crippen LogP contribution is 2.13. The van der Waals surface area contributed by atoms with Gasteiger partial charge in [0.15, 0.2) is 5.76 Å². The van der Waals surface area contributed by atoms with E-state index >= 15 is 0 Å². The third-order valence-corrected chi connectivity index (χ3v) is 6.07. The Morgan fingerprint density at radius 3 is 1.89 bits per heavy atom. The Morgan fingerprint density at radius 2 is 1.29 bits per heavy atom. The minimum atomic E-state index is -0.954. The first-order valence-corrected chi connectivity index (χ1v) is 12.5. The molecule has 38 heavy (non-hydrogen) atoms. The number of alkyl carbamates (subject to hydrolysis) is 1. The molecule has 0 fully saturated rings. The van der Waals surface area contributed by atoms with Gasteiger partial charge in [-0.2, -0.15) is 0 Å². The summed E-state index contributed by atoms with van der Waals surface area (Å²) >= 11 is 0. The molecule has 1 aromatic heterocycles. The van der Waals surface area contributed by atoms with Gasteiger partial charge in [-0.1, -0.05) is 91.0 Å². The average molecular weight is 511 g/mol. The molecule has 1 unspecified atom stereocenters. The summed E-state index contributed by atoms with van der Waals surface area (Å²) in [6, 6.07) is 29.8. The molecule has 0 saturated heterocycles. The molecule has 0 saturated carbocycles. The van der Waals surface area contributed by atoms with Crippen LogP contribution in [0, 0.1) is 0 Å². The van der Waals surface area contributed by atoms with Crippen molar-refractivity contribution in [1.29, 1.82) is 0 Å². The molecule has 0 radical (unpaired) electrons. The van der Waals surface area contributed by atoms with Crippen molar-refractivity contribution in [2.75, 3.05) is 0 Å². The van der Waals surface area contributed by atoms with Crippen LogP contribution in [0.3, 0.4) is 0 Å². The summed E-state index contributed by atoms with van der Waals surface area (Å²) in [4.78, 5) is 39.3. The van der Waals surface area contributed by atoms with E-state index in [2.05, 4.69) is 10.6 Å². The maximum absolute atomic E-state index is 13.5. The fraction of sp³-hybridized carbons (Fsp3) is 0.194. The number of rotatable bonds is 12. The Labute approximate surface area is 221 Å². The van der Waals surface area contributed by atoms with E-state index in [0.717, 1.165) is 16.7 Å². The molecular weight excluding hydrogens is 480 g/mol. The Morgan fingerprint density at radius 1 is 0.684 bits per heavy atom. The lowest BCUT2D eigenvalue weighted by Crippen LogP contribution is -2.52. The number of Topliss-reactive ketones (excluding diaryl/α,β-unsaturated/α-hetero) is 1. The highest BCUT2D eigenvalue weighted by Gasteiger charge is 2.29. The van der Waals surface area contributed by atoms with Gasteiger partial charge >= 0.3 is 6.09 Å². The van der Waals surface area contributed by atoms with E-state index in [0.29, 0.717) is 12.8 Å². The summed E-state index contributed by atoms with van der Waals surface area (Å²) in [6.07, 6.45) is 1.88. The molecule has 3 aromatic carbocycles. The summed E-state index contributed by atoms with van der Waals surface area (Å²) in [5.41, 5.74) is 2.73. The van der Waals surface area contributed by atoms with Crippen molar-refractivity contribution >= 4 is 17.8 Å². The summed E-state index contributed by atoms with van der Waals surface area (Å²) in [5, 5.41) is 5.54. The predicted molar refractivity (Wildman–Crippen MR) is 143 cm³/mol. The number of ether oxygens (including phenoxy) is 1. The first-order valence-electron chi connectivity index (χ1n) is 12.5. The number of benzene rings is 3. The van der Waals surface area contributed by atoms with Gasteiger partial charge in [0, 0.05) is 6.42 Å². The number of nitrogens with one attached hydrogen (secondary N) is 2. The molecule has 7 nitrogen and oxygen atoms in total. The summed E-state index contributed by atoms with van der Waals surface area (Å²) in [5.74, 6) is -0.647. The number of amides is 2. The molecule has 0 spiro atoms. The first kappa shape index (κ1) is 26.4. The van der Waals surface area contributed by atoms with Crippen LogP contribution < -0.4 is 10.6 Å². The standard InChI is InChI=1S/C31H30N2O5/c34-29(28-17-10-20-37-28)26(19-18-23-11-4-1-5-12-23)32-30(35)27(21-24-13-6-2-7-14-24)33-31(36)38-22-25-15-8-3-9-16-25/h1-17,20,26-27H,18-19,21-22H2,(H,32,35)(H,33,36)/t26?,27-/m0/s1. The van der Waals surface area contributed by atoms with Crippen molar-refractivity contribution in [3.05, 3.63) is 132 Å². The molecule has 0 bridgehead atoms. The number of aryl methyl sites for hydroxylation is 1. The van der Waals surface area contributed by atoms with Gasteiger partial charge in [0.2, 0.25) is 11.7 Å². The molecule has 4 aromatic rings. The second-order valence-electron chi connectivity index (χ2n) is 8.88. The van der Waals surface area contributed by atoms with Crippen LogP contribution in [0.15, 0.2) is 114 Å². The largest absolute Gasteiger partial charge is 0.461 e. The van der Waals surface area contributed by atoms with Crippen LogP contribution in [-0.4, -0.2) is 29.9 Å². The van der Waals surface area contributed by atoms with Gasteiger partial charge in [-0.3, -0.25) is 9.59 Å². The number of ketones is 1. The molecule has 0 aliphatic rings. The van der Waals surface area contributed by atoms with E-state index in [1.807, 2.05) is 91.0 Å². The van der Waals surface area contributed by atoms with Crippen LogP contribution in [-0.2, 0) is 29.0 Å². The van der Waals surface area contributed by atoms with E-state index < -0.39 is 24.1 Å². The van der Waals surface area contributed by atoms with Gasteiger partial charge in [0.25, 0.3) is 0 Å².